The van der Waals surface area contributed by atoms with Crippen LogP contribution in [-0.4, -0.2) is 57.3 Å². The fourth-order valence-electron chi connectivity index (χ4n) is 2.83. The van der Waals surface area contributed by atoms with Crippen LogP contribution in [-0.2, 0) is 6.54 Å². The van der Waals surface area contributed by atoms with E-state index in [9.17, 15) is 15.0 Å². The molecular formula is C14H22N2O3. The highest BCUT2D eigenvalue weighted by molar-refractivity contribution is 5.99. The molecule has 106 valence electrons. The first-order chi connectivity index (χ1) is 8.93. The minimum Gasteiger partial charge on any atom is -0.389 e. The van der Waals surface area contributed by atoms with Crippen molar-refractivity contribution < 1.29 is 15.0 Å². The summed E-state index contributed by atoms with van der Waals surface area (Å²) in [4.78, 5) is 14.1. The van der Waals surface area contributed by atoms with Crippen LogP contribution in [0.15, 0.2) is 6.07 Å². The number of hydrogen-bond acceptors (Lipinski definition) is 4. The topological polar surface area (TPSA) is 65.7 Å². The molecular weight excluding hydrogens is 244 g/mol. The van der Waals surface area contributed by atoms with Crippen molar-refractivity contribution in [2.75, 3.05) is 19.6 Å². The third kappa shape index (κ3) is 2.73. The van der Waals surface area contributed by atoms with Gasteiger partial charge in [-0.3, -0.25) is 9.69 Å². The number of aliphatic hydroxyl groups is 2. The van der Waals surface area contributed by atoms with E-state index in [-0.39, 0.29) is 12.3 Å². The van der Waals surface area contributed by atoms with Gasteiger partial charge >= 0.3 is 0 Å². The average molecular weight is 266 g/mol. The Morgan fingerprint density at radius 3 is 2.37 bits per heavy atom. The van der Waals surface area contributed by atoms with Gasteiger partial charge in [0.2, 0.25) is 0 Å². The molecule has 0 spiro atoms. The number of carbonyl (C=O) groups excluding carboxylic acids is 1. The van der Waals surface area contributed by atoms with Gasteiger partial charge in [-0.05, 0) is 26.8 Å². The minimum atomic E-state index is -0.740. The Morgan fingerprint density at radius 2 is 1.89 bits per heavy atom. The van der Waals surface area contributed by atoms with Crippen LogP contribution in [0.5, 0.6) is 0 Å². The molecule has 1 aromatic heterocycles. The van der Waals surface area contributed by atoms with E-state index in [4.69, 9.17) is 0 Å². The Kier molecular flexibility index (Phi) is 4.08. The lowest BCUT2D eigenvalue weighted by Crippen LogP contribution is -2.29. The van der Waals surface area contributed by atoms with Gasteiger partial charge in [-0.1, -0.05) is 0 Å². The molecule has 19 heavy (non-hydrogen) atoms. The number of likely N-dealkylation sites (tertiary alicyclic amines) is 1. The number of β-amino-alcohol motifs (C(OH)–C–C–N with tert-alkyl or cyclic N) is 2. The van der Waals surface area contributed by atoms with Gasteiger partial charge in [-0.25, -0.2) is 0 Å². The summed E-state index contributed by atoms with van der Waals surface area (Å²) < 4.78 is 2.11. The molecule has 1 fully saturated rings. The van der Waals surface area contributed by atoms with Gasteiger partial charge in [0.25, 0.3) is 0 Å². The smallest absolute Gasteiger partial charge is 0.178 e. The van der Waals surface area contributed by atoms with Gasteiger partial charge in [0.15, 0.2) is 5.78 Å². The Balaban J connectivity index is 2.09. The van der Waals surface area contributed by atoms with E-state index in [0.717, 1.165) is 23.5 Å². The molecule has 2 heterocycles. The highest BCUT2D eigenvalue weighted by Gasteiger charge is 2.31. The lowest BCUT2D eigenvalue weighted by Gasteiger charge is -2.13. The molecule has 2 atom stereocenters. The maximum atomic E-state index is 12.3. The number of carbonyl (C=O) groups is 1. The summed E-state index contributed by atoms with van der Waals surface area (Å²) >= 11 is 0. The van der Waals surface area contributed by atoms with Crippen LogP contribution < -0.4 is 0 Å². The molecule has 0 saturated carbocycles. The molecule has 0 aliphatic carbocycles. The average Bonchev–Trinajstić information content (AvgIpc) is 2.80. The van der Waals surface area contributed by atoms with E-state index >= 15 is 0 Å². The number of aromatic nitrogens is 1. The zero-order valence-corrected chi connectivity index (χ0v) is 11.8. The van der Waals surface area contributed by atoms with Gasteiger partial charge in [0.1, 0.15) is 0 Å². The van der Waals surface area contributed by atoms with Crippen molar-refractivity contribution in [1.29, 1.82) is 0 Å². The van der Waals surface area contributed by atoms with Crippen molar-refractivity contribution in [2.45, 2.75) is 39.5 Å². The summed E-state index contributed by atoms with van der Waals surface area (Å²) in [6, 6.07) is 1.92. The summed E-state index contributed by atoms with van der Waals surface area (Å²) in [5.74, 6) is 0.0501. The highest BCUT2D eigenvalue weighted by Crippen LogP contribution is 2.17. The van der Waals surface area contributed by atoms with Crippen molar-refractivity contribution in [2.24, 2.45) is 0 Å². The first kappa shape index (κ1) is 14.2. The summed E-state index contributed by atoms with van der Waals surface area (Å²) in [7, 11) is 0. The van der Waals surface area contributed by atoms with Gasteiger partial charge in [-0.2, -0.15) is 0 Å². The number of aliphatic hydroxyl groups excluding tert-OH is 2. The molecule has 5 nitrogen and oxygen atoms in total. The molecule has 5 heteroatoms. The zero-order chi connectivity index (χ0) is 14.2. The van der Waals surface area contributed by atoms with Crippen molar-refractivity contribution in [3.8, 4) is 0 Å². The quantitative estimate of drug-likeness (QED) is 0.772. The molecule has 0 amide bonds. The minimum absolute atomic E-state index is 0.0501. The Bertz CT molecular complexity index is 471. The number of aryl methyl sites for hydroxylation is 1. The van der Waals surface area contributed by atoms with Gasteiger partial charge in [0.05, 0.1) is 18.8 Å². The van der Waals surface area contributed by atoms with Crippen molar-refractivity contribution in [1.82, 2.24) is 9.47 Å². The number of rotatable bonds is 4. The molecule has 0 aromatic carbocycles. The van der Waals surface area contributed by atoms with Crippen LogP contribution in [0.2, 0.25) is 0 Å². The van der Waals surface area contributed by atoms with Crippen molar-refractivity contribution in [3.63, 3.8) is 0 Å². The van der Waals surface area contributed by atoms with Crippen LogP contribution in [0, 0.1) is 13.8 Å². The largest absolute Gasteiger partial charge is 0.389 e. The van der Waals surface area contributed by atoms with Crippen LogP contribution >= 0.6 is 0 Å². The highest BCUT2D eigenvalue weighted by atomic mass is 16.3. The van der Waals surface area contributed by atoms with E-state index in [1.807, 2.05) is 19.9 Å². The second-order valence-corrected chi connectivity index (χ2v) is 5.28. The third-order valence-corrected chi connectivity index (χ3v) is 3.89. The normalized spacial score (nSPS) is 24.1. The van der Waals surface area contributed by atoms with Crippen LogP contribution in [0.3, 0.4) is 0 Å². The summed E-state index contributed by atoms with van der Waals surface area (Å²) in [5, 5.41) is 19.0. The molecule has 0 radical (unpaired) electrons. The van der Waals surface area contributed by atoms with Crippen molar-refractivity contribution >= 4 is 5.78 Å². The SMILES string of the molecule is CCn1c(C)cc(C(=O)CN2CC(O)C(O)C2)c1C. The van der Waals surface area contributed by atoms with Gasteiger partial charge in [-0.15, -0.1) is 0 Å². The summed E-state index contributed by atoms with van der Waals surface area (Å²) in [6.07, 6.45) is -1.48. The number of nitrogens with zero attached hydrogens (tertiary/aromatic N) is 2. The lowest BCUT2D eigenvalue weighted by molar-refractivity contribution is 0.0572. The maximum Gasteiger partial charge on any atom is 0.178 e. The summed E-state index contributed by atoms with van der Waals surface area (Å²) in [6.45, 7) is 7.84. The predicted molar refractivity (Wildman–Crippen MR) is 72.4 cm³/mol. The fourth-order valence-corrected chi connectivity index (χ4v) is 2.83. The summed E-state index contributed by atoms with van der Waals surface area (Å²) in [5.41, 5.74) is 2.82. The van der Waals surface area contributed by atoms with Gasteiger partial charge in [0, 0.05) is 36.6 Å². The molecule has 2 N–H and O–H groups in total. The van der Waals surface area contributed by atoms with Crippen LogP contribution in [0.25, 0.3) is 0 Å². The van der Waals surface area contributed by atoms with E-state index in [1.54, 1.807) is 4.90 Å². The number of Topliss-reactive ketones (excluding diaryl/α,β-unsaturated/α-hetero) is 1. The molecule has 1 aromatic rings. The van der Waals surface area contributed by atoms with Crippen molar-refractivity contribution in [3.05, 3.63) is 23.0 Å². The second-order valence-electron chi connectivity index (χ2n) is 5.28. The van der Waals surface area contributed by atoms with Crippen LogP contribution in [0.1, 0.15) is 28.7 Å². The first-order valence-corrected chi connectivity index (χ1v) is 6.72. The zero-order valence-electron chi connectivity index (χ0n) is 11.8. The number of ketones is 1. The fraction of sp³-hybridized carbons (Fsp3) is 0.643. The predicted octanol–water partition coefficient (Wildman–Crippen LogP) is 0.345. The Labute approximate surface area is 113 Å². The van der Waals surface area contributed by atoms with Crippen LogP contribution in [0.4, 0.5) is 0 Å². The Morgan fingerprint density at radius 1 is 1.32 bits per heavy atom. The molecule has 0 bridgehead atoms. The monoisotopic (exact) mass is 266 g/mol. The third-order valence-electron chi connectivity index (χ3n) is 3.89. The van der Waals surface area contributed by atoms with E-state index in [0.29, 0.717) is 13.1 Å². The van der Waals surface area contributed by atoms with E-state index < -0.39 is 12.2 Å². The molecule has 2 rings (SSSR count). The lowest BCUT2D eigenvalue weighted by atomic mass is 10.1. The Hall–Kier alpha value is -1.17. The molecule has 2 unspecified atom stereocenters. The van der Waals surface area contributed by atoms with E-state index in [2.05, 4.69) is 11.5 Å². The standard InChI is InChI=1S/C14H22N2O3/c1-4-16-9(2)5-11(10(16)3)12(17)6-15-7-13(18)14(19)8-15/h5,13-14,18-19H,4,6-8H2,1-3H3. The van der Waals surface area contributed by atoms with Gasteiger partial charge < -0.3 is 14.8 Å². The molecule has 1 aliphatic heterocycles. The molecule has 1 saturated heterocycles. The molecule has 1 aliphatic rings. The van der Waals surface area contributed by atoms with E-state index in [1.165, 1.54) is 0 Å². The number of hydrogen-bond donors (Lipinski definition) is 2. The first-order valence-electron chi connectivity index (χ1n) is 6.72. The maximum absolute atomic E-state index is 12.3. The second kappa shape index (κ2) is 5.45.